The van der Waals surface area contributed by atoms with Crippen LogP contribution in [0, 0.1) is 6.92 Å². The van der Waals surface area contributed by atoms with Gasteiger partial charge in [0.15, 0.2) is 0 Å². The van der Waals surface area contributed by atoms with E-state index in [1.165, 1.54) is 35.7 Å². The fourth-order valence-electron chi connectivity index (χ4n) is 5.17. The first-order chi connectivity index (χ1) is 18.5. The maximum absolute atomic E-state index is 13.6. The van der Waals surface area contributed by atoms with Crippen molar-refractivity contribution in [3.8, 4) is 0 Å². The normalized spacial score (nSPS) is 18.1. The SMILES string of the molecule is Cc1c(C(C)NC(=O)c2cn(C3CCOCC3)c(=O)cc2SC2CCN(C(=O)O)CC2)cccc1C(F)(F)F. The summed E-state index contributed by atoms with van der Waals surface area (Å²) in [4.78, 5) is 39.8. The summed E-state index contributed by atoms with van der Waals surface area (Å²) in [5.74, 6) is -0.495. The molecule has 2 aliphatic rings. The Morgan fingerprint density at radius 3 is 2.44 bits per heavy atom. The minimum absolute atomic E-state index is 0.00798. The van der Waals surface area contributed by atoms with E-state index in [2.05, 4.69) is 5.32 Å². The molecule has 2 saturated heterocycles. The number of aromatic nitrogens is 1. The number of benzene rings is 1. The highest BCUT2D eigenvalue weighted by Crippen LogP contribution is 2.36. The fourth-order valence-corrected chi connectivity index (χ4v) is 6.42. The van der Waals surface area contributed by atoms with Crippen LogP contribution in [0.1, 0.15) is 71.7 Å². The Hall–Kier alpha value is -2.99. The van der Waals surface area contributed by atoms with E-state index in [4.69, 9.17) is 4.74 Å². The largest absolute Gasteiger partial charge is 0.465 e. The van der Waals surface area contributed by atoms with Crippen LogP contribution in [0.5, 0.6) is 0 Å². The number of hydrogen-bond acceptors (Lipinski definition) is 5. The molecule has 2 fully saturated rings. The predicted octanol–water partition coefficient (Wildman–Crippen LogP) is 5.25. The van der Waals surface area contributed by atoms with Crippen LogP contribution in [-0.4, -0.2) is 58.1 Å². The lowest BCUT2D eigenvalue weighted by molar-refractivity contribution is -0.138. The third-order valence-corrected chi connectivity index (χ3v) is 8.77. The third-order valence-electron chi connectivity index (χ3n) is 7.37. The van der Waals surface area contributed by atoms with Gasteiger partial charge in [0.1, 0.15) is 0 Å². The number of piperidine rings is 1. The molecule has 1 aromatic carbocycles. The Balaban J connectivity index is 1.62. The number of carbonyl (C=O) groups is 2. The zero-order valence-electron chi connectivity index (χ0n) is 21.8. The lowest BCUT2D eigenvalue weighted by Crippen LogP contribution is -2.38. The summed E-state index contributed by atoms with van der Waals surface area (Å²) in [6, 6.07) is 4.49. The summed E-state index contributed by atoms with van der Waals surface area (Å²) >= 11 is 1.37. The van der Waals surface area contributed by atoms with Crippen molar-refractivity contribution < 1.29 is 32.6 Å². The number of nitrogens with one attached hydrogen (secondary N) is 1. The molecule has 2 aliphatic heterocycles. The summed E-state index contributed by atoms with van der Waals surface area (Å²) < 4.78 is 47.3. The molecular formula is C27H32F3N3O5S. The highest BCUT2D eigenvalue weighted by atomic mass is 32.2. The molecule has 0 saturated carbocycles. The van der Waals surface area contributed by atoms with Crippen LogP contribution in [-0.2, 0) is 10.9 Å². The first-order valence-electron chi connectivity index (χ1n) is 12.9. The van der Waals surface area contributed by atoms with Gasteiger partial charge in [0.2, 0.25) is 0 Å². The zero-order valence-corrected chi connectivity index (χ0v) is 22.6. The Morgan fingerprint density at radius 1 is 1.15 bits per heavy atom. The molecule has 0 bridgehead atoms. The van der Waals surface area contributed by atoms with Gasteiger partial charge in [-0.2, -0.15) is 13.2 Å². The lowest BCUT2D eigenvalue weighted by atomic mass is 9.97. The van der Waals surface area contributed by atoms with Crippen LogP contribution in [0.3, 0.4) is 0 Å². The molecule has 2 aromatic rings. The quantitative estimate of drug-likeness (QED) is 0.495. The van der Waals surface area contributed by atoms with E-state index in [0.29, 0.717) is 62.4 Å². The van der Waals surface area contributed by atoms with Crippen LogP contribution in [0.4, 0.5) is 18.0 Å². The molecule has 2 N–H and O–H groups in total. The molecule has 1 unspecified atom stereocenters. The highest BCUT2D eigenvalue weighted by Gasteiger charge is 2.34. The van der Waals surface area contributed by atoms with E-state index in [0.717, 1.165) is 6.07 Å². The van der Waals surface area contributed by atoms with Gasteiger partial charge in [0.25, 0.3) is 11.5 Å². The Labute approximate surface area is 228 Å². The second kappa shape index (κ2) is 12.0. The number of alkyl halides is 3. The van der Waals surface area contributed by atoms with Crippen LogP contribution < -0.4 is 10.9 Å². The van der Waals surface area contributed by atoms with Gasteiger partial charge in [-0.25, -0.2) is 4.79 Å². The number of rotatable bonds is 6. The van der Waals surface area contributed by atoms with Crippen molar-refractivity contribution in [3.05, 3.63) is 63.1 Å². The number of likely N-dealkylation sites (tertiary alicyclic amines) is 1. The number of hydrogen-bond donors (Lipinski definition) is 2. The van der Waals surface area contributed by atoms with Crippen molar-refractivity contribution >= 4 is 23.8 Å². The zero-order chi connectivity index (χ0) is 28.3. The molecule has 3 heterocycles. The van der Waals surface area contributed by atoms with Crippen LogP contribution in [0.15, 0.2) is 40.2 Å². The molecule has 4 rings (SSSR count). The van der Waals surface area contributed by atoms with E-state index >= 15 is 0 Å². The van der Waals surface area contributed by atoms with Gasteiger partial charge in [-0.15, -0.1) is 11.8 Å². The second-order valence-electron chi connectivity index (χ2n) is 9.94. The molecule has 8 nitrogen and oxygen atoms in total. The maximum atomic E-state index is 13.6. The Kier molecular flexibility index (Phi) is 8.95. The van der Waals surface area contributed by atoms with E-state index in [9.17, 15) is 32.7 Å². The summed E-state index contributed by atoms with van der Waals surface area (Å²) in [6.07, 6.45) is -1.54. The molecule has 0 spiro atoms. The number of carbonyl (C=O) groups excluding carboxylic acids is 1. The third kappa shape index (κ3) is 6.78. The van der Waals surface area contributed by atoms with E-state index in [1.807, 2.05) is 0 Å². The smallest absolute Gasteiger partial charge is 0.416 e. The van der Waals surface area contributed by atoms with Crippen molar-refractivity contribution in [2.75, 3.05) is 26.3 Å². The molecule has 1 atom stereocenters. The van der Waals surface area contributed by atoms with Gasteiger partial charge in [-0.3, -0.25) is 9.59 Å². The Bertz CT molecular complexity index is 1270. The molecule has 0 radical (unpaired) electrons. The summed E-state index contributed by atoms with van der Waals surface area (Å²) in [5, 5.41) is 12.1. The van der Waals surface area contributed by atoms with Gasteiger partial charge < -0.3 is 24.6 Å². The van der Waals surface area contributed by atoms with Crippen molar-refractivity contribution in [1.82, 2.24) is 14.8 Å². The van der Waals surface area contributed by atoms with Crippen molar-refractivity contribution in [1.29, 1.82) is 0 Å². The van der Waals surface area contributed by atoms with Crippen molar-refractivity contribution in [3.63, 3.8) is 0 Å². The summed E-state index contributed by atoms with van der Waals surface area (Å²) in [5.41, 5.74) is -0.331. The molecule has 212 valence electrons. The molecule has 39 heavy (non-hydrogen) atoms. The second-order valence-corrected chi connectivity index (χ2v) is 11.3. The minimum atomic E-state index is -4.51. The monoisotopic (exact) mass is 567 g/mol. The van der Waals surface area contributed by atoms with Gasteiger partial charge in [-0.05, 0) is 56.7 Å². The van der Waals surface area contributed by atoms with Crippen molar-refractivity contribution in [2.45, 2.75) is 67.9 Å². The van der Waals surface area contributed by atoms with E-state index in [-0.39, 0.29) is 28.0 Å². The predicted molar refractivity (Wildman–Crippen MR) is 140 cm³/mol. The summed E-state index contributed by atoms with van der Waals surface area (Å²) in [6.45, 7) is 4.74. The summed E-state index contributed by atoms with van der Waals surface area (Å²) in [7, 11) is 0. The van der Waals surface area contributed by atoms with E-state index < -0.39 is 29.8 Å². The Morgan fingerprint density at radius 2 is 1.82 bits per heavy atom. The topological polar surface area (TPSA) is 101 Å². The first kappa shape index (κ1) is 29.0. The van der Waals surface area contributed by atoms with Gasteiger partial charge in [-0.1, -0.05) is 12.1 Å². The fraction of sp³-hybridized carbons (Fsp3) is 0.519. The van der Waals surface area contributed by atoms with Crippen molar-refractivity contribution in [2.24, 2.45) is 0 Å². The van der Waals surface area contributed by atoms with Gasteiger partial charge in [0.05, 0.1) is 17.2 Å². The number of ether oxygens (including phenoxy) is 1. The van der Waals surface area contributed by atoms with E-state index in [1.54, 1.807) is 23.8 Å². The number of pyridine rings is 1. The number of halogens is 3. The lowest BCUT2D eigenvalue weighted by Gasteiger charge is -2.30. The average molecular weight is 568 g/mol. The molecule has 1 aromatic heterocycles. The minimum Gasteiger partial charge on any atom is -0.465 e. The average Bonchev–Trinajstić information content (AvgIpc) is 2.89. The number of nitrogens with zero attached hydrogens (tertiary/aromatic N) is 2. The molecule has 0 aliphatic carbocycles. The van der Waals surface area contributed by atoms with Crippen LogP contribution in [0.25, 0.3) is 0 Å². The van der Waals surface area contributed by atoms with Gasteiger partial charge in [0, 0.05) is 54.8 Å². The highest BCUT2D eigenvalue weighted by molar-refractivity contribution is 8.00. The van der Waals surface area contributed by atoms with Crippen LogP contribution >= 0.6 is 11.8 Å². The van der Waals surface area contributed by atoms with Crippen LogP contribution in [0.2, 0.25) is 0 Å². The molecule has 2 amide bonds. The number of thioether (sulfide) groups is 1. The standard InChI is InChI=1S/C27H32F3N3O5S/c1-16-20(4-3-5-22(16)27(28,29)30)17(2)31-25(35)21-15-33(18-8-12-38-13-9-18)24(34)14-23(21)39-19-6-10-32(11-7-19)26(36)37/h3-5,14-15,17-19H,6-13H2,1-2H3,(H,31,35)(H,36,37). The number of amides is 2. The van der Waals surface area contributed by atoms with Gasteiger partial charge >= 0.3 is 12.3 Å². The number of carboxylic acid groups (broad SMARTS) is 1. The molecular weight excluding hydrogens is 535 g/mol. The molecule has 12 heteroatoms. The maximum Gasteiger partial charge on any atom is 0.416 e. The first-order valence-corrected chi connectivity index (χ1v) is 13.8.